The molecule has 6 heteroatoms. The Balaban J connectivity index is 1.55. The maximum atomic E-state index is 5.55. The van der Waals surface area contributed by atoms with Crippen molar-refractivity contribution in [3.05, 3.63) is 115 Å². The van der Waals surface area contributed by atoms with E-state index in [4.69, 9.17) is 9.84 Å². The van der Waals surface area contributed by atoms with E-state index in [1.54, 1.807) is 18.9 Å². The third kappa shape index (κ3) is 4.16. The summed E-state index contributed by atoms with van der Waals surface area (Å²) in [7, 11) is 1.69. The summed E-state index contributed by atoms with van der Waals surface area (Å²) >= 11 is 1.68. The number of aromatic amines is 1. The van der Waals surface area contributed by atoms with E-state index in [-0.39, 0.29) is 0 Å². The van der Waals surface area contributed by atoms with E-state index in [1.807, 2.05) is 36.4 Å². The molecule has 0 radical (unpaired) electrons. The maximum absolute atomic E-state index is 5.55. The molecule has 5 nitrogen and oxygen atoms in total. The summed E-state index contributed by atoms with van der Waals surface area (Å²) in [5.74, 6) is 2.39. The number of aromatic nitrogens is 4. The van der Waals surface area contributed by atoms with Gasteiger partial charge in [0.2, 0.25) is 0 Å². The van der Waals surface area contributed by atoms with E-state index < -0.39 is 0 Å². The normalized spacial score (nSPS) is 11.1. The van der Waals surface area contributed by atoms with E-state index in [0.29, 0.717) is 0 Å². The smallest absolute Gasteiger partial charge is 0.196 e. The number of methoxy groups -OCH3 is 1. The van der Waals surface area contributed by atoms with Crippen LogP contribution in [0.2, 0.25) is 0 Å². The van der Waals surface area contributed by atoms with Gasteiger partial charge in [0.1, 0.15) is 5.75 Å². The Bertz CT molecular complexity index is 1610. The van der Waals surface area contributed by atoms with Crippen LogP contribution in [0, 0.1) is 0 Å². The van der Waals surface area contributed by atoms with Gasteiger partial charge in [-0.25, -0.2) is 0 Å². The molecular weight excluding hydrogens is 464 g/mol. The second-order valence-electron chi connectivity index (χ2n) is 8.40. The number of H-pyrrole nitrogens is 1. The van der Waals surface area contributed by atoms with Gasteiger partial charge in [0, 0.05) is 27.9 Å². The van der Waals surface area contributed by atoms with Gasteiger partial charge in [0.25, 0.3) is 0 Å². The van der Waals surface area contributed by atoms with E-state index in [0.717, 1.165) is 55.9 Å². The first-order chi connectivity index (χ1) is 17.8. The highest BCUT2D eigenvalue weighted by Crippen LogP contribution is 2.40. The number of benzene rings is 4. The standard InChI is InChI=1S/C30H24N4OS/c1-35-24-17-18-26-25(19-24)27(22-13-7-3-8-14-22)28(31-26)29-32-33-30(34(29)23-15-9-4-10-16-23)36-20-21-11-5-2-6-12-21/h2-19,31H,20H2,1H3. The van der Waals surface area contributed by atoms with E-state index >= 15 is 0 Å². The van der Waals surface area contributed by atoms with Crippen molar-refractivity contribution < 1.29 is 4.74 Å². The number of rotatable bonds is 7. The molecule has 36 heavy (non-hydrogen) atoms. The summed E-state index contributed by atoms with van der Waals surface area (Å²) in [5.41, 5.74) is 6.39. The molecule has 0 spiro atoms. The van der Waals surface area contributed by atoms with Gasteiger partial charge < -0.3 is 9.72 Å². The van der Waals surface area contributed by atoms with Crippen LogP contribution in [0.15, 0.2) is 114 Å². The lowest BCUT2D eigenvalue weighted by Crippen LogP contribution is -2.00. The van der Waals surface area contributed by atoms with Crippen molar-refractivity contribution >= 4 is 22.7 Å². The number of thioether (sulfide) groups is 1. The summed E-state index contributed by atoms with van der Waals surface area (Å²) < 4.78 is 7.69. The first kappa shape index (κ1) is 22.2. The Morgan fingerprint density at radius 3 is 2.22 bits per heavy atom. The number of nitrogens with zero attached hydrogens (tertiary/aromatic N) is 3. The number of ether oxygens (including phenoxy) is 1. The van der Waals surface area contributed by atoms with Crippen molar-refractivity contribution in [2.24, 2.45) is 0 Å². The van der Waals surface area contributed by atoms with E-state index in [9.17, 15) is 0 Å². The zero-order valence-corrected chi connectivity index (χ0v) is 20.6. The van der Waals surface area contributed by atoms with Crippen LogP contribution >= 0.6 is 11.8 Å². The van der Waals surface area contributed by atoms with Gasteiger partial charge in [-0.15, -0.1) is 10.2 Å². The zero-order valence-electron chi connectivity index (χ0n) is 19.8. The van der Waals surface area contributed by atoms with Crippen LogP contribution in [0.3, 0.4) is 0 Å². The van der Waals surface area contributed by atoms with Crippen LogP contribution < -0.4 is 4.74 Å². The highest BCUT2D eigenvalue weighted by Gasteiger charge is 2.23. The van der Waals surface area contributed by atoms with Crippen LogP contribution in [-0.4, -0.2) is 26.9 Å². The van der Waals surface area contributed by atoms with Crippen molar-refractivity contribution in [2.45, 2.75) is 10.9 Å². The Morgan fingerprint density at radius 1 is 0.806 bits per heavy atom. The SMILES string of the molecule is COc1ccc2[nH]c(-c3nnc(SCc4ccccc4)n3-c3ccccc3)c(-c3ccccc3)c2c1. The van der Waals surface area contributed by atoms with Crippen LogP contribution in [-0.2, 0) is 5.75 Å². The molecule has 0 unspecified atom stereocenters. The molecule has 2 heterocycles. The first-order valence-electron chi connectivity index (χ1n) is 11.7. The van der Waals surface area contributed by atoms with Crippen LogP contribution in [0.5, 0.6) is 5.75 Å². The minimum absolute atomic E-state index is 0.769. The second-order valence-corrected chi connectivity index (χ2v) is 9.35. The highest BCUT2D eigenvalue weighted by molar-refractivity contribution is 7.98. The average Bonchev–Trinajstić information content (AvgIpc) is 3.54. The summed E-state index contributed by atoms with van der Waals surface area (Å²) in [4.78, 5) is 3.64. The van der Waals surface area contributed by atoms with E-state index in [2.05, 4.69) is 87.4 Å². The zero-order chi connectivity index (χ0) is 24.3. The largest absolute Gasteiger partial charge is 0.497 e. The number of hydrogen-bond donors (Lipinski definition) is 1. The molecule has 0 bridgehead atoms. The summed E-state index contributed by atoms with van der Waals surface area (Å²) in [6.45, 7) is 0. The first-order valence-corrected chi connectivity index (χ1v) is 12.7. The Labute approximate surface area is 213 Å². The van der Waals surface area contributed by atoms with Gasteiger partial charge in [-0.05, 0) is 41.5 Å². The quantitative estimate of drug-likeness (QED) is 0.238. The fourth-order valence-corrected chi connectivity index (χ4v) is 5.34. The van der Waals surface area contributed by atoms with Crippen molar-refractivity contribution in [3.8, 4) is 34.1 Å². The lowest BCUT2D eigenvalue weighted by atomic mass is 10.0. The van der Waals surface area contributed by atoms with Crippen LogP contribution in [0.4, 0.5) is 0 Å². The van der Waals surface area contributed by atoms with Gasteiger partial charge in [-0.1, -0.05) is 90.6 Å². The number of para-hydroxylation sites is 1. The van der Waals surface area contributed by atoms with Gasteiger partial charge in [-0.2, -0.15) is 0 Å². The predicted octanol–water partition coefficient (Wildman–Crippen LogP) is 7.38. The van der Waals surface area contributed by atoms with Crippen LogP contribution in [0.1, 0.15) is 5.56 Å². The molecule has 0 aliphatic rings. The molecular formula is C30H24N4OS. The molecule has 0 fully saturated rings. The van der Waals surface area contributed by atoms with Gasteiger partial charge in [-0.3, -0.25) is 4.57 Å². The topological polar surface area (TPSA) is 55.7 Å². The molecule has 2 aromatic heterocycles. The third-order valence-electron chi connectivity index (χ3n) is 6.15. The number of hydrogen-bond acceptors (Lipinski definition) is 4. The molecule has 4 aromatic carbocycles. The molecule has 0 atom stereocenters. The molecule has 1 N–H and O–H groups in total. The Kier molecular flexibility index (Phi) is 6.01. The van der Waals surface area contributed by atoms with Crippen molar-refractivity contribution in [1.29, 1.82) is 0 Å². The highest BCUT2D eigenvalue weighted by atomic mass is 32.2. The van der Waals surface area contributed by atoms with E-state index in [1.165, 1.54) is 5.56 Å². The molecule has 0 aliphatic heterocycles. The lowest BCUT2D eigenvalue weighted by Gasteiger charge is -2.11. The molecule has 0 amide bonds. The lowest BCUT2D eigenvalue weighted by molar-refractivity contribution is 0.415. The molecule has 6 rings (SSSR count). The average molecular weight is 489 g/mol. The Hall–Kier alpha value is -4.29. The van der Waals surface area contributed by atoms with Crippen molar-refractivity contribution in [1.82, 2.24) is 19.7 Å². The summed E-state index contributed by atoms with van der Waals surface area (Å²) in [6, 6.07) is 37.2. The molecule has 0 aliphatic carbocycles. The van der Waals surface area contributed by atoms with Crippen LogP contribution in [0.25, 0.3) is 39.2 Å². The molecule has 0 saturated carbocycles. The van der Waals surface area contributed by atoms with Gasteiger partial charge >= 0.3 is 0 Å². The fraction of sp³-hybridized carbons (Fsp3) is 0.0667. The summed E-state index contributed by atoms with van der Waals surface area (Å²) in [6.07, 6.45) is 0. The van der Waals surface area contributed by atoms with Crippen molar-refractivity contribution in [3.63, 3.8) is 0 Å². The molecule has 176 valence electrons. The second kappa shape index (κ2) is 9.76. The van der Waals surface area contributed by atoms with Crippen molar-refractivity contribution in [2.75, 3.05) is 7.11 Å². The van der Waals surface area contributed by atoms with Gasteiger partial charge in [0.05, 0.1) is 12.8 Å². The fourth-order valence-electron chi connectivity index (χ4n) is 4.43. The third-order valence-corrected chi connectivity index (χ3v) is 7.15. The molecule has 6 aromatic rings. The number of nitrogens with one attached hydrogen (secondary N) is 1. The summed E-state index contributed by atoms with van der Waals surface area (Å²) in [5, 5.41) is 11.3. The monoisotopic (exact) mass is 488 g/mol. The minimum atomic E-state index is 0.769. The minimum Gasteiger partial charge on any atom is -0.497 e. The number of fused-ring (bicyclic) bond motifs is 1. The Morgan fingerprint density at radius 2 is 1.50 bits per heavy atom. The predicted molar refractivity (Wildman–Crippen MR) is 147 cm³/mol. The molecule has 0 saturated heterocycles. The maximum Gasteiger partial charge on any atom is 0.196 e. The van der Waals surface area contributed by atoms with Gasteiger partial charge in [0.15, 0.2) is 11.0 Å².